The molecule has 1 aromatic carbocycles. The summed E-state index contributed by atoms with van der Waals surface area (Å²) in [6.07, 6.45) is 1.05. The average molecular weight is 570 g/mol. The summed E-state index contributed by atoms with van der Waals surface area (Å²) in [5.41, 5.74) is 0.865. The van der Waals surface area contributed by atoms with Gasteiger partial charge in [-0.1, -0.05) is 12.1 Å². The zero-order valence-electron chi connectivity index (χ0n) is 18.5. The van der Waals surface area contributed by atoms with Crippen LogP contribution in [0.1, 0.15) is 12.0 Å². The number of aliphatic imine (C=N–C) groups is 1. The maximum atomic E-state index is 12.4. The zero-order valence-corrected chi connectivity index (χ0v) is 21.6. The van der Waals surface area contributed by atoms with Crippen molar-refractivity contribution in [3.63, 3.8) is 0 Å². The molecule has 11 heteroatoms. The second-order valence-corrected chi connectivity index (χ2v) is 8.87. The number of sulfonamides is 1. The van der Waals surface area contributed by atoms with Crippen LogP contribution in [-0.4, -0.2) is 86.6 Å². The van der Waals surface area contributed by atoms with Gasteiger partial charge < -0.3 is 24.4 Å². The van der Waals surface area contributed by atoms with Crippen LogP contribution in [0, 0.1) is 5.92 Å². The summed E-state index contributed by atoms with van der Waals surface area (Å²) in [7, 11) is 1.40. The Morgan fingerprint density at radius 2 is 2.00 bits per heavy atom. The highest BCUT2D eigenvalue weighted by molar-refractivity contribution is 14.0. The molecule has 2 N–H and O–H groups in total. The van der Waals surface area contributed by atoms with Crippen LogP contribution in [0.15, 0.2) is 34.2 Å². The van der Waals surface area contributed by atoms with Crippen LogP contribution in [0.2, 0.25) is 0 Å². The summed E-state index contributed by atoms with van der Waals surface area (Å²) in [5.74, 6) is 1.27. The molecule has 1 atom stereocenters. The van der Waals surface area contributed by atoms with Gasteiger partial charge in [-0.2, -0.15) is 0 Å². The molecule has 178 valence electrons. The molecule has 0 aromatic heterocycles. The minimum atomic E-state index is -3.56. The topological polar surface area (TPSA) is 101 Å². The van der Waals surface area contributed by atoms with Crippen LogP contribution in [0.5, 0.6) is 0 Å². The van der Waals surface area contributed by atoms with Crippen molar-refractivity contribution in [2.75, 3.05) is 67.3 Å². The highest BCUT2D eigenvalue weighted by Gasteiger charge is 2.25. The first-order chi connectivity index (χ1) is 14.5. The lowest BCUT2D eigenvalue weighted by atomic mass is 10.1. The summed E-state index contributed by atoms with van der Waals surface area (Å²) < 4.78 is 42.8. The van der Waals surface area contributed by atoms with Gasteiger partial charge in [-0.25, -0.2) is 13.1 Å². The maximum absolute atomic E-state index is 12.4. The predicted octanol–water partition coefficient (Wildman–Crippen LogP) is 1.29. The monoisotopic (exact) mass is 570 g/mol. The number of nitrogens with one attached hydrogen (secondary N) is 2. The van der Waals surface area contributed by atoms with Crippen LogP contribution in [0.4, 0.5) is 0 Å². The van der Waals surface area contributed by atoms with Crippen molar-refractivity contribution in [1.29, 1.82) is 0 Å². The number of ether oxygens (including phenoxy) is 3. The largest absolute Gasteiger partial charge is 0.383 e. The molecule has 0 aliphatic carbocycles. The van der Waals surface area contributed by atoms with Gasteiger partial charge in [0, 0.05) is 53.4 Å². The molecular formula is C20H35IN4O5S. The molecule has 1 aromatic rings. The highest BCUT2D eigenvalue weighted by atomic mass is 127. The van der Waals surface area contributed by atoms with Crippen molar-refractivity contribution in [3.05, 3.63) is 29.8 Å². The molecule has 0 bridgehead atoms. The number of guanidine groups is 1. The van der Waals surface area contributed by atoms with Gasteiger partial charge in [0.05, 0.1) is 31.3 Å². The molecule has 1 aliphatic rings. The van der Waals surface area contributed by atoms with Gasteiger partial charge in [-0.05, 0) is 24.1 Å². The SMILES string of the molecule is CN=C(NCc1cccc(S(=O)(=O)NCCOC)c1)N1CCC(COCCOC)C1.I. The van der Waals surface area contributed by atoms with E-state index >= 15 is 0 Å². The van der Waals surface area contributed by atoms with Crippen molar-refractivity contribution in [2.24, 2.45) is 10.9 Å². The Kier molecular flexibility index (Phi) is 13.5. The molecule has 0 radical (unpaired) electrons. The van der Waals surface area contributed by atoms with E-state index in [9.17, 15) is 8.42 Å². The third kappa shape index (κ3) is 9.58. The molecule has 2 rings (SSSR count). The number of likely N-dealkylation sites (tertiary alicyclic amines) is 1. The predicted molar refractivity (Wildman–Crippen MR) is 131 cm³/mol. The number of hydrogen-bond acceptors (Lipinski definition) is 6. The lowest BCUT2D eigenvalue weighted by Gasteiger charge is -2.22. The first-order valence-corrected chi connectivity index (χ1v) is 11.6. The molecule has 9 nitrogen and oxygen atoms in total. The van der Waals surface area contributed by atoms with Crippen molar-refractivity contribution >= 4 is 40.0 Å². The van der Waals surface area contributed by atoms with E-state index in [-0.39, 0.29) is 35.4 Å². The van der Waals surface area contributed by atoms with Gasteiger partial charge in [0.25, 0.3) is 0 Å². The van der Waals surface area contributed by atoms with E-state index in [1.54, 1.807) is 32.4 Å². The lowest BCUT2D eigenvalue weighted by Crippen LogP contribution is -2.39. The van der Waals surface area contributed by atoms with Crippen molar-refractivity contribution in [1.82, 2.24) is 14.9 Å². The minimum absolute atomic E-state index is 0. The molecular weight excluding hydrogens is 535 g/mol. The number of benzene rings is 1. The molecule has 1 saturated heterocycles. The Bertz CT molecular complexity index is 779. The maximum Gasteiger partial charge on any atom is 0.240 e. The van der Waals surface area contributed by atoms with E-state index in [1.807, 2.05) is 6.07 Å². The standard InChI is InChI=1S/C20H34N4O5S.HI/c1-21-20(24-9-7-18(15-24)16-29-12-11-28-3)22-14-17-5-4-6-19(13-17)30(25,26)23-8-10-27-2;/h4-6,13,18,23H,7-12,14-16H2,1-3H3,(H,21,22);1H. The van der Waals surface area contributed by atoms with E-state index in [2.05, 4.69) is 19.9 Å². The number of hydrogen-bond donors (Lipinski definition) is 2. The summed E-state index contributed by atoms with van der Waals surface area (Å²) in [5, 5.41) is 3.34. The van der Waals surface area contributed by atoms with E-state index in [0.29, 0.717) is 38.9 Å². The quantitative estimate of drug-likeness (QED) is 0.169. The smallest absolute Gasteiger partial charge is 0.240 e. The Hall–Kier alpha value is -0.990. The van der Waals surface area contributed by atoms with Gasteiger partial charge in [0.1, 0.15) is 0 Å². The highest BCUT2D eigenvalue weighted by Crippen LogP contribution is 2.17. The zero-order chi connectivity index (χ0) is 21.8. The first kappa shape index (κ1) is 28.0. The molecule has 1 unspecified atom stereocenters. The number of halogens is 1. The molecule has 31 heavy (non-hydrogen) atoms. The van der Waals surface area contributed by atoms with E-state index < -0.39 is 10.0 Å². The fourth-order valence-electron chi connectivity index (χ4n) is 3.25. The summed E-state index contributed by atoms with van der Waals surface area (Å²) >= 11 is 0. The van der Waals surface area contributed by atoms with Crippen LogP contribution in [0.3, 0.4) is 0 Å². The number of nitrogens with zero attached hydrogens (tertiary/aromatic N) is 2. The Morgan fingerprint density at radius 1 is 1.23 bits per heavy atom. The van der Waals surface area contributed by atoms with E-state index in [4.69, 9.17) is 14.2 Å². The minimum Gasteiger partial charge on any atom is -0.383 e. The van der Waals surface area contributed by atoms with Gasteiger partial charge in [0.2, 0.25) is 10.0 Å². The Labute approximate surface area is 203 Å². The van der Waals surface area contributed by atoms with Crippen LogP contribution in [0.25, 0.3) is 0 Å². The fourth-order valence-corrected chi connectivity index (χ4v) is 4.33. The number of rotatable bonds is 12. The van der Waals surface area contributed by atoms with Gasteiger partial charge in [-0.3, -0.25) is 4.99 Å². The molecule has 0 spiro atoms. The van der Waals surface area contributed by atoms with Gasteiger partial charge >= 0.3 is 0 Å². The van der Waals surface area contributed by atoms with Crippen LogP contribution < -0.4 is 10.0 Å². The van der Waals surface area contributed by atoms with Crippen molar-refractivity contribution in [2.45, 2.75) is 17.9 Å². The molecule has 1 aliphatic heterocycles. The molecule has 1 fully saturated rings. The van der Waals surface area contributed by atoms with Gasteiger partial charge in [-0.15, -0.1) is 24.0 Å². The second kappa shape index (κ2) is 15.0. The molecule has 0 amide bonds. The average Bonchev–Trinajstić information content (AvgIpc) is 3.21. The third-order valence-corrected chi connectivity index (χ3v) is 6.30. The Morgan fingerprint density at radius 3 is 2.71 bits per heavy atom. The van der Waals surface area contributed by atoms with Crippen LogP contribution in [-0.2, 0) is 30.8 Å². The second-order valence-electron chi connectivity index (χ2n) is 7.11. The normalized spacial score (nSPS) is 16.9. The summed E-state index contributed by atoms with van der Waals surface area (Å²) in [4.78, 5) is 6.82. The first-order valence-electron chi connectivity index (χ1n) is 10.1. The summed E-state index contributed by atoms with van der Waals surface area (Å²) in [6, 6.07) is 6.90. The molecule has 0 saturated carbocycles. The third-order valence-electron chi connectivity index (χ3n) is 4.84. The van der Waals surface area contributed by atoms with E-state index in [0.717, 1.165) is 31.0 Å². The Balaban J connectivity index is 0.00000480. The van der Waals surface area contributed by atoms with Crippen molar-refractivity contribution in [3.8, 4) is 0 Å². The van der Waals surface area contributed by atoms with Crippen molar-refractivity contribution < 1.29 is 22.6 Å². The van der Waals surface area contributed by atoms with Crippen LogP contribution >= 0.6 is 24.0 Å². The van der Waals surface area contributed by atoms with E-state index in [1.165, 1.54) is 7.11 Å². The number of methoxy groups -OCH3 is 2. The lowest BCUT2D eigenvalue weighted by molar-refractivity contribution is 0.0536. The fraction of sp³-hybridized carbons (Fsp3) is 0.650. The summed E-state index contributed by atoms with van der Waals surface area (Å²) in [6.45, 7) is 4.77. The van der Waals surface area contributed by atoms with Gasteiger partial charge in [0.15, 0.2) is 5.96 Å². The molecule has 1 heterocycles.